The molecule has 0 radical (unpaired) electrons. The van der Waals surface area contributed by atoms with Gasteiger partial charge in [-0.05, 0) is 61.4 Å². The maximum atomic E-state index is 13.0. The Morgan fingerprint density at radius 3 is 2.33 bits per heavy atom. The van der Waals surface area contributed by atoms with E-state index in [0.717, 1.165) is 12.1 Å². The van der Waals surface area contributed by atoms with E-state index in [0.29, 0.717) is 31.5 Å². The molecule has 0 aliphatic carbocycles. The number of hydrogen-bond donors (Lipinski definition) is 1. The molecule has 9 heteroatoms. The van der Waals surface area contributed by atoms with Crippen LogP contribution in [0, 0.1) is 5.82 Å². The van der Waals surface area contributed by atoms with Gasteiger partial charge in [-0.1, -0.05) is 12.1 Å². The Hall–Kier alpha value is -3.62. The van der Waals surface area contributed by atoms with Crippen LogP contribution < -0.4 is 5.32 Å². The Morgan fingerprint density at radius 2 is 1.67 bits per heavy atom. The lowest BCUT2D eigenvalue weighted by Crippen LogP contribution is -2.46. The lowest BCUT2D eigenvalue weighted by Gasteiger charge is -2.31. The van der Waals surface area contributed by atoms with Crippen LogP contribution in [0.2, 0.25) is 0 Å². The van der Waals surface area contributed by atoms with Crippen LogP contribution in [-0.2, 0) is 6.18 Å². The van der Waals surface area contributed by atoms with E-state index in [9.17, 15) is 27.2 Å². The molecule has 2 heterocycles. The molecule has 1 saturated heterocycles. The number of likely N-dealkylation sites (tertiary alicyclic amines) is 1. The van der Waals surface area contributed by atoms with Crippen molar-refractivity contribution in [1.82, 2.24) is 10.2 Å². The first-order valence-corrected chi connectivity index (χ1v) is 10.3. The minimum Gasteiger partial charge on any atom is -0.451 e. The van der Waals surface area contributed by atoms with Crippen LogP contribution in [0.1, 0.15) is 39.3 Å². The lowest BCUT2D eigenvalue weighted by atomic mass is 10.0. The van der Waals surface area contributed by atoms with Crippen molar-refractivity contribution in [2.75, 3.05) is 13.1 Å². The second-order valence-corrected chi connectivity index (χ2v) is 7.79. The van der Waals surface area contributed by atoms with Gasteiger partial charge in [0, 0.05) is 30.3 Å². The van der Waals surface area contributed by atoms with Crippen LogP contribution in [-0.4, -0.2) is 35.8 Å². The summed E-state index contributed by atoms with van der Waals surface area (Å²) in [6.45, 7) is 0.763. The second kappa shape index (κ2) is 9.09. The summed E-state index contributed by atoms with van der Waals surface area (Å²) in [6, 6.07) is 12.7. The fraction of sp³-hybridized carbons (Fsp3) is 0.250. The van der Waals surface area contributed by atoms with Crippen molar-refractivity contribution < 1.29 is 31.6 Å². The second-order valence-electron chi connectivity index (χ2n) is 7.79. The fourth-order valence-corrected chi connectivity index (χ4v) is 3.71. The van der Waals surface area contributed by atoms with Gasteiger partial charge in [-0.2, -0.15) is 13.2 Å². The molecular formula is C24H20F4N2O3. The van der Waals surface area contributed by atoms with Crippen molar-refractivity contribution in [1.29, 1.82) is 0 Å². The van der Waals surface area contributed by atoms with Gasteiger partial charge >= 0.3 is 6.18 Å². The van der Waals surface area contributed by atoms with E-state index in [1.165, 1.54) is 48.5 Å². The standard InChI is InChI=1S/C24H20F4N2O3/c25-18-6-4-15(5-7-18)22(31)29-19-10-12-30(13-11-19)23(32)21-9-8-20(33-21)16-2-1-3-17(14-16)24(26,27)28/h1-9,14,19H,10-13H2,(H,29,31). The zero-order valence-corrected chi connectivity index (χ0v) is 17.4. The van der Waals surface area contributed by atoms with E-state index in [1.807, 2.05) is 0 Å². The van der Waals surface area contributed by atoms with Gasteiger partial charge in [0.15, 0.2) is 5.76 Å². The predicted octanol–water partition coefficient (Wildman–Crippen LogP) is 5.14. The van der Waals surface area contributed by atoms with Crippen molar-refractivity contribution in [3.8, 4) is 11.3 Å². The van der Waals surface area contributed by atoms with E-state index in [1.54, 1.807) is 4.90 Å². The number of carbonyl (C=O) groups is 2. The fourth-order valence-electron chi connectivity index (χ4n) is 3.71. The number of rotatable bonds is 4. The number of halogens is 4. The number of nitrogens with zero attached hydrogens (tertiary/aromatic N) is 1. The zero-order valence-electron chi connectivity index (χ0n) is 17.4. The van der Waals surface area contributed by atoms with Gasteiger partial charge in [0.05, 0.1) is 5.56 Å². The molecule has 1 aromatic heterocycles. The number of amides is 2. The molecule has 33 heavy (non-hydrogen) atoms. The van der Waals surface area contributed by atoms with E-state index >= 15 is 0 Å². The molecule has 3 aromatic rings. The molecule has 2 aromatic carbocycles. The zero-order chi connectivity index (χ0) is 23.6. The van der Waals surface area contributed by atoms with Crippen molar-refractivity contribution in [2.24, 2.45) is 0 Å². The highest BCUT2D eigenvalue weighted by Crippen LogP contribution is 2.33. The minimum atomic E-state index is -4.47. The third kappa shape index (κ3) is 5.24. The molecule has 4 rings (SSSR count). The van der Waals surface area contributed by atoms with Gasteiger partial charge in [0.25, 0.3) is 11.8 Å². The third-order valence-electron chi connectivity index (χ3n) is 5.51. The predicted molar refractivity (Wildman–Crippen MR) is 112 cm³/mol. The van der Waals surface area contributed by atoms with E-state index in [4.69, 9.17) is 4.42 Å². The number of alkyl halides is 3. The van der Waals surface area contributed by atoms with Gasteiger partial charge < -0.3 is 14.6 Å². The highest BCUT2D eigenvalue weighted by atomic mass is 19.4. The molecule has 0 atom stereocenters. The van der Waals surface area contributed by atoms with Crippen molar-refractivity contribution in [2.45, 2.75) is 25.1 Å². The quantitative estimate of drug-likeness (QED) is 0.549. The molecule has 1 fully saturated rings. The Labute approximate surface area is 187 Å². The van der Waals surface area contributed by atoms with Crippen molar-refractivity contribution >= 4 is 11.8 Å². The number of piperidine rings is 1. The first-order chi connectivity index (χ1) is 15.7. The molecule has 172 valence electrons. The van der Waals surface area contributed by atoms with E-state index in [-0.39, 0.29) is 34.9 Å². The van der Waals surface area contributed by atoms with Crippen LogP contribution in [0.15, 0.2) is 65.1 Å². The average molecular weight is 460 g/mol. The summed E-state index contributed by atoms with van der Waals surface area (Å²) in [6.07, 6.45) is -3.42. The number of hydrogen-bond acceptors (Lipinski definition) is 3. The summed E-state index contributed by atoms with van der Waals surface area (Å²) in [5.41, 5.74) is -0.215. The maximum Gasteiger partial charge on any atom is 0.416 e. The monoisotopic (exact) mass is 460 g/mol. The first kappa shape index (κ1) is 22.6. The number of benzene rings is 2. The Bertz CT molecular complexity index is 1150. The topological polar surface area (TPSA) is 62.6 Å². The minimum absolute atomic E-state index is 0.0382. The maximum absolute atomic E-state index is 13.0. The van der Waals surface area contributed by atoms with E-state index in [2.05, 4.69) is 5.32 Å². The third-order valence-corrected chi connectivity index (χ3v) is 5.51. The van der Waals surface area contributed by atoms with Crippen LogP contribution in [0.3, 0.4) is 0 Å². The van der Waals surface area contributed by atoms with Crippen LogP contribution in [0.5, 0.6) is 0 Å². The molecular weight excluding hydrogens is 440 g/mol. The molecule has 1 aliphatic heterocycles. The summed E-state index contributed by atoms with van der Waals surface area (Å²) >= 11 is 0. The molecule has 2 amide bonds. The Morgan fingerprint density at radius 1 is 0.970 bits per heavy atom. The van der Waals surface area contributed by atoms with Crippen LogP contribution >= 0.6 is 0 Å². The van der Waals surface area contributed by atoms with Gasteiger partial charge in [0.1, 0.15) is 11.6 Å². The van der Waals surface area contributed by atoms with Gasteiger partial charge in [-0.3, -0.25) is 9.59 Å². The lowest BCUT2D eigenvalue weighted by molar-refractivity contribution is -0.137. The summed E-state index contributed by atoms with van der Waals surface area (Å²) in [5.74, 6) is -0.886. The van der Waals surface area contributed by atoms with Gasteiger partial charge in [-0.25, -0.2) is 4.39 Å². The summed E-state index contributed by atoms with van der Waals surface area (Å²) < 4.78 is 57.4. The average Bonchev–Trinajstić information content (AvgIpc) is 3.29. The summed E-state index contributed by atoms with van der Waals surface area (Å²) in [7, 11) is 0. The SMILES string of the molecule is O=C(NC1CCN(C(=O)c2ccc(-c3cccc(C(F)(F)F)c3)o2)CC1)c1ccc(F)cc1. The largest absolute Gasteiger partial charge is 0.451 e. The Kier molecular flexibility index (Phi) is 6.22. The van der Waals surface area contributed by atoms with Gasteiger partial charge in [0.2, 0.25) is 0 Å². The molecule has 0 spiro atoms. The van der Waals surface area contributed by atoms with Crippen molar-refractivity contribution in [3.63, 3.8) is 0 Å². The molecule has 5 nitrogen and oxygen atoms in total. The van der Waals surface area contributed by atoms with Crippen LogP contribution in [0.4, 0.5) is 17.6 Å². The van der Waals surface area contributed by atoms with Gasteiger partial charge in [-0.15, -0.1) is 0 Å². The van der Waals surface area contributed by atoms with Crippen molar-refractivity contribution in [3.05, 3.63) is 83.4 Å². The molecule has 0 saturated carbocycles. The summed E-state index contributed by atoms with van der Waals surface area (Å²) in [4.78, 5) is 26.6. The summed E-state index contributed by atoms with van der Waals surface area (Å²) in [5, 5.41) is 2.88. The van der Waals surface area contributed by atoms with Crippen LogP contribution in [0.25, 0.3) is 11.3 Å². The normalized spacial score (nSPS) is 14.8. The van der Waals surface area contributed by atoms with E-state index < -0.39 is 17.6 Å². The highest BCUT2D eigenvalue weighted by Gasteiger charge is 2.31. The molecule has 1 N–H and O–H groups in total. The smallest absolute Gasteiger partial charge is 0.416 e. The molecule has 1 aliphatic rings. The molecule has 0 bridgehead atoms. The highest BCUT2D eigenvalue weighted by molar-refractivity contribution is 5.94. The number of nitrogens with one attached hydrogen (secondary N) is 1. The molecule has 0 unspecified atom stereocenters. The number of furan rings is 1. The Balaban J connectivity index is 1.35. The first-order valence-electron chi connectivity index (χ1n) is 10.3. The number of carbonyl (C=O) groups excluding carboxylic acids is 2.